The van der Waals surface area contributed by atoms with Crippen LogP contribution in [0.15, 0.2) is 59.8 Å². The summed E-state index contributed by atoms with van der Waals surface area (Å²) in [6.45, 7) is 1.80. The van der Waals surface area contributed by atoms with Crippen LogP contribution in [0.4, 0.5) is 5.95 Å². The molecule has 1 unspecified atom stereocenters. The Kier molecular flexibility index (Phi) is 4.52. The molecule has 2 heterocycles. The van der Waals surface area contributed by atoms with E-state index in [1.165, 1.54) is 0 Å². The lowest BCUT2D eigenvalue weighted by molar-refractivity contribution is -0.115. The number of anilines is 1. The number of aromatic nitrogens is 3. The number of fused-ring (bicyclic) bond motifs is 1. The predicted octanol–water partition coefficient (Wildman–Crippen LogP) is 3.38. The molecule has 0 fully saturated rings. The van der Waals surface area contributed by atoms with Crippen LogP contribution in [0.3, 0.4) is 0 Å². The van der Waals surface area contributed by atoms with Crippen LogP contribution in [0.2, 0.25) is 5.02 Å². The minimum atomic E-state index is -0.519. The molecule has 0 spiro atoms. The Balaban J connectivity index is 1.86. The van der Waals surface area contributed by atoms with Crippen LogP contribution >= 0.6 is 11.6 Å². The highest BCUT2D eigenvalue weighted by Gasteiger charge is 2.33. The zero-order chi connectivity index (χ0) is 19.8. The average molecular weight is 396 g/mol. The van der Waals surface area contributed by atoms with Crippen molar-refractivity contribution in [3.05, 3.63) is 70.4 Å². The number of rotatable bonds is 4. The van der Waals surface area contributed by atoms with E-state index >= 15 is 0 Å². The summed E-state index contributed by atoms with van der Waals surface area (Å²) in [5.74, 6) is 1.23. The van der Waals surface area contributed by atoms with Gasteiger partial charge in [-0.2, -0.15) is 4.98 Å². The second kappa shape index (κ2) is 7.01. The van der Waals surface area contributed by atoms with E-state index in [1.54, 1.807) is 30.8 Å². The molecule has 0 aliphatic carbocycles. The van der Waals surface area contributed by atoms with Crippen molar-refractivity contribution in [3.8, 4) is 17.1 Å². The largest absolute Gasteiger partial charge is 0.497 e. The minimum absolute atomic E-state index is 0.428. The Morgan fingerprint density at radius 1 is 1.25 bits per heavy atom. The van der Waals surface area contributed by atoms with E-state index in [9.17, 15) is 4.79 Å². The molecule has 142 valence electrons. The third-order valence-corrected chi connectivity index (χ3v) is 4.88. The molecular weight excluding hydrogens is 378 g/mol. The number of hydrogen-bond acceptors (Lipinski definition) is 5. The number of halogens is 1. The molecule has 0 radical (unpaired) electrons. The number of carbonyl (C=O) groups is 1. The van der Waals surface area contributed by atoms with Crippen LogP contribution in [0, 0.1) is 0 Å². The number of carbonyl (C=O) groups excluding carboxylic acids is 1. The van der Waals surface area contributed by atoms with Crippen LogP contribution in [0.25, 0.3) is 11.4 Å². The quantitative estimate of drug-likeness (QED) is 0.706. The topological polar surface area (TPSA) is 95.1 Å². The molecule has 1 aliphatic heterocycles. The van der Waals surface area contributed by atoms with Gasteiger partial charge in [0.1, 0.15) is 11.8 Å². The molecule has 1 aliphatic rings. The maximum atomic E-state index is 12.2. The van der Waals surface area contributed by atoms with E-state index in [4.69, 9.17) is 22.1 Å². The molecule has 1 aromatic heterocycles. The highest BCUT2D eigenvalue weighted by atomic mass is 35.5. The number of methoxy groups -OCH3 is 1. The van der Waals surface area contributed by atoms with E-state index in [2.05, 4.69) is 15.4 Å². The summed E-state index contributed by atoms with van der Waals surface area (Å²) in [5, 5.41) is 8.39. The first-order chi connectivity index (χ1) is 13.5. The molecule has 7 nitrogen and oxygen atoms in total. The number of nitrogens with one attached hydrogen (secondary N) is 1. The molecule has 28 heavy (non-hydrogen) atoms. The van der Waals surface area contributed by atoms with Crippen LogP contribution < -0.4 is 15.8 Å². The van der Waals surface area contributed by atoms with Gasteiger partial charge in [0.2, 0.25) is 11.9 Å². The van der Waals surface area contributed by atoms with Crippen molar-refractivity contribution in [1.29, 1.82) is 0 Å². The van der Waals surface area contributed by atoms with E-state index in [0.717, 1.165) is 11.1 Å². The van der Waals surface area contributed by atoms with Gasteiger partial charge in [0, 0.05) is 16.3 Å². The van der Waals surface area contributed by atoms with Gasteiger partial charge in [-0.1, -0.05) is 35.9 Å². The summed E-state index contributed by atoms with van der Waals surface area (Å²) < 4.78 is 6.96. The lowest BCUT2D eigenvalue weighted by Crippen LogP contribution is -2.31. The third kappa shape index (κ3) is 3.10. The van der Waals surface area contributed by atoms with E-state index in [1.807, 2.05) is 36.4 Å². The lowest BCUT2D eigenvalue weighted by Gasteiger charge is -2.27. The van der Waals surface area contributed by atoms with Crippen molar-refractivity contribution in [3.63, 3.8) is 0 Å². The highest BCUT2D eigenvalue weighted by molar-refractivity contribution is 6.30. The van der Waals surface area contributed by atoms with Crippen molar-refractivity contribution in [2.24, 2.45) is 5.73 Å². The fraction of sp³-hybridized carbons (Fsp3) is 0.150. The van der Waals surface area contributed by atoms with Crippen LogP contribution in [-0.2, 0) is 4.79 Å². The molecule has 1 atom stereocenters. The maximum absolute atomic E-state index is 12.2. The monoisotopic (exact) mass is 395 g/mol. The molecular formula is C20H18ClN5O2. The summed E-state index contributed by atoms with van der Waals surface area (Å²) in [7, 11) is 1.61. The van der Waals surface area contributed by atoms with Crippen molar-refractivity contribution in [2.45, 2.75) is 13.0 Å². The van der Waals surface area contributed by atoms with Crippen molar-refractivity contribution >= 4 is 23.5 Å². The van der Waals surface area contributed by atoms with E-state index in [0.29, 0.717) is 33.8 Å². The lowest BCUT2D eigenvalue weighted by atomic mass is 9.95. The van der Waals surface area contributed by atoms with Gasteiger partial charge in [-0.25, -0.2) is 4.68 Å². The molecule has 3 N–H and O–H groups in total. The maximum Gasteiger partial charge on any atom is 0.248 e. The van der Waals surface area contributed by atoms with Crippen molar-refractivity contribution < 1.29 is 9.53 Å². The second-order valence-corrected chi connectivity index (χ2v) is 6.85. The minimum Gasteiger partial charge on any atom is -0.497 e. The van der Waals surface area contributed by atoms with Gasteiger partial charge in [-0.3, -0.25) is 4.79 Å². The number of allylic oxidation sites excluding steroid dienone is 1. The number of nitrogens with two attached hydrogens (primary N) is 1. The Hall–Kier alpha value is -3.32. The zero-order valence-electron chi connectivity index (χ0n) is 15.3. The molecule has 3 aromatic rings. The molecule has 0 saturated carbocycles. The smallest absolute Gasteiger partial charge is 0.248 e. The summed E-state index contributed by atoms with van der Waals surface area (Å²) in [6, 6.07) is 14.2. The zero-order valence-corrected chi connectivity index (χ0v) is 16.1. The Labute approximate surface area is 166 Å². The summed E-state index contributed by atoms with van der Waals surface area (Å²) in [4.78, 5) is 16.8. The molecule has 1 amide bonds. The van der Waals surface area contributed by atoms with Crippen molar-refractivity contribution in [1.82, 2.24) is 14.8 Å². The summed E-state index contributed by atoms with van der Waals surface area (Å²) in [5.41, 5.74) is 8.40. The first-order valence-electron chi connectivity index (χ1n) is 8.62. The van der Waals surface area contributed by atoms with Gasteiger partial charge in [0.15, 0.2) is 5.82 Å². The fourth-order valence-corrected chi connectivity index (χ4v) is 3.43. The Morgan fingerprint density at radius 3 is 2.68 bits per heavy atom. The third-order valence-electron chi connectivity index (χ3n) is 4.63. The van der Waals surface area contributed by atoms with Crippen molar-refractivity contribution in [2.75, 3.05) is 12.4 Å². The van der Waals surface area contributed by atoms with Gasteiger partial charge < -0.3 is 15.8 Å². The number of benzene rings is 2. The number of nitrogens with zero attached hydrogens (tertiary/aromatic N) is 3. The van der Waals surface area contributed by atoms with Gasteiger partial charge >= 0.3 is 0 Å². The van der Waals surface area contributed by atoms with Gasteiger partial charge in [0.05, 0.1) is 12.7 Å². The molecule has 2 aromatic carbocycles. The first-order valence-corrected chi connectivity index (χ1v) is 8.99. The SMILES string of the molecule is COc1cccc(-c2nc3n(n2)C(c2ccc(Cl)cc2)C(C(N)=O)=C(C)N3)c1. The first kappa shape index (κ1) is 18.1. The number of amides is 1. The van der Waals surface area contributed by atoms with E-state index in [-0.39, 0.29) is 0 Å². The Morgan fingerprint density at radius 2 is 2.00 bits per heavy atom. The number of primary amides is 1. The highest BCUT2D eigenvalue weighted by Crippen LogP contribution is 2.36. The summed E-state index contributed by atoms with van der Waals surface area (Å²) >= 11 is 6.03. The normalized spacial score (nSPS) is 15.8. The van der Waals surface area contributed by atoms with Crippen LogP contribution in [0.5, 0.6) is 5.75 Å². The molecule has 0 bridgehead atoms. The molecule has 0 saturated heterocycles. The molecule has 4 rings (SSSR count). The van der Waals surface area contributed by atoms with Gasteiger partial charge in [-0.15, -0.1) is 5.10 Å². The predicted molar refractivity (Wildman–Crippen MR) is 107 cm³/mol. The fourth-order valence-electron chi connectivity index (χ4n) is 3.31. The van der Waals surface area contributed by atoms with Crippen LogP contribution in [-0.4, -0.2) is 27.8 Å². The molecule has 8 heteroatoms. The second-order valence-electron chi connectivity index (χ2n) is 6.42. The van der Waals surface area contributed by atoms with E-state index < -0.39 is 11.9 Å². The summed E-state index contributed by atoms with van der Waals surface area (Å²) in [6.07, 6.45) is 0. The Bertz CT molecular complexity index is 1090. The average Bonchev–Trinajstić information content (AvgIpc) is 3.11. The van der Waals surface area contributed by atoms with Crippen LogP contribution in [0.1, 0.15) is 18.5 Å². The standard InChI is InChI=1S/C20H18ClN5O2/c1-11-16(18(22)27)17(12-6-8-14(21)9-7-12)26-20(23-11)24-19(25-26)13-4-3-5-15(10-13)28-2/h3-10,17H,1-2H3,(H2,22,27)(H,23,24,25). The van der Waals surface area contributed by atoms with Gasteiger partial charge in [-0.05, 0) is 36.8 Å². The van der Waals surface area contributed by atoms with Gasteiger partial charge in [0.25, 0.3) is 0 Å². The number of hydrogen-bond donors (Lipinski definition) is 2. The number of ether oxygens (including phenoxy) is 1.